The van der Waals surface area contributed by atoms with Gasteiger partial charge in [-0.15, -0.1) is 0 Å². The topological polar surface area (TPSA) is 166 Å². The number of halogens is 1. The number of hydrogen-bond acceptors (Lipinski definition) is 13. The number of carbonyl (C=O) groups excluding carboxylic acids is 3. The van der Waals surface area contributed by atoms with Gasteiger partial charge in [-0.05, 0) is 103 Å². The predicted molar refractivity (Wildman–Crippen MR) is 208 cm³/mol. The summed E-state index contributed by atoms with van der Waals surface area (Å²) in [6, 6.07) is 2.23. The number of pyridine rings is 1. The van der Waals surface area contributed by atoms with Gasteiger partial charge in [-0.3, -0.25) is 9.78 Å². The van der Waals surface area contributed by atoms with E-state index in [1.807, 2.05) is 63.8 Å². The third-order valence-corrected chi connectivity index (χ3v) is 12.7. The molecule has 3 aliphatic rings. The van der Waals surface area contributed by atoms with Gasteiger partial charge in [-0.1, -0.05) is 34.6 Å². The number of hydrazine groups is 1. The average Bonchev–Trinajstić information content (AvgIpc) is 3.43. The van der Waals surface area contributed by atoms with Crippen LogP contribution in [0, 0.1) is 17.8 Å². The molecule has 0 saturated carbocycles. The number of aliphatic hydroxyl groups is 1. The highest BCUT2D eigenvalue weighted by atomic mass is 19.1. The van der Waals surface area contributed by atoms with Gasteiger partial charge in [-0.2, -0.15) is 0 Å². The number of alkyl halides is 1. The molecule has 318 valence electrons. The molecular weight excluding hydrogens is 725 g/mol. The van der Waals surface area contributed by atoms with E-state index in [9.17, 15) is 19.5 Å². The number of fused-ring (bicyclic) bond motifs is 1. The van der Waals surface area contributed by atoms with Crippen molar-refractivity contribution in [3.05, 3.63) is 30.1 Å². The van der Waals surface area contributed by atoms with Crippen LogP contribution in [0.5, 0.6) is 0 Å². The number of cyclic esters (lactones) is 1. The maximum atomic E-state index is 16.9. The number of likely N-dealkylation sites (N-methyl/N-ethyl adjacent to an activating group) is 1. The number of nitrogens with two attached hydrogens (primary N) is 1. The SMILES string of the molecule is CC[C@H]1OC(=O)C(C)(F)C(=O)[C@H](C)[C@@H](O[C@@H]2O[C@H](C)C[C@H](N(C)C)[C@H]2O)[C@@](C)(OC)C[C@@H](C)C(N)[C@H](C)[C@H]2N(N(CC)CCCc3ccncc3)C(=O)O[C@]12C. The van der Waals surface area contributed by atoms with E-state index in [0.29, 0.717) is 19.5 Å². The molecule has 3 aliphatic heterocycles. The van der Waals surface area contributed by atoms with Crippen LogP contribution in [0.3, 0.4) is 0 Å². The summed E-state index contributed by atoms with van der Waals surface area (Å²) >= 11 is 0. The molecule has 4 rings (SSSR count). The van der Waals surface area contributed by atoms with Gasteiger partial charge < -0.3 is 39.4 Å². The van der Waals surface area contributed by atoms with Crippen molar-refractivity contribution < 1.29 is 47.6 Å². The number of aromatic nitrogens is 1. The zero-order valence-corrected chi connectivity index (χ0v) is 35.6. The van der Waals surface area contributed by atoms with E-state index < -0.39 is 83.2 Å². The van der Waals surface area contributed by atoms with E-state index in [4.69, 9.17) is 29.4 Å². The Morgan fingerprint density at radius 3 is 2.30 bits per heavy atom. The van der Waals surface area contributed by atoms with Crippen LogP contribution in [0.2, 0.25) is 0 Å². The highest BCUT2D eigenvalue weighted by Gasteiger charge is 2.62. The lowest BCUT2D eigenvalue weighted by Gasteiger charge is -2.48. The fourth-order valence-electron chi connectivity index (χ4n) is 9.30. The molecule has 1 aromatic rings. The quantitative estimate of drug-likeness (QED) is 0.241. The molecule has 0 aromatic carbocycles. The fourth-order valence-corrected chi connectivity index (χ4v) is 9.30. The summed E-state index contributed by atoms with van der Waals surface area (Å²) < 4.78 is 48.0. The Bertz CT molecular complexity index is 1490. The number of hydrogen-bond donors (Lipinski definition) is 2. The van der Waals surface area contributed by atoms with Crippen LogP contribution >= 0.6 is 0 Å². The average molecular weight is 794 g/mol. The number of Topliss-reactive ketones (excluding diaryl/α,β-unsaturated/α-hetero) is 1. The minimum atomic E-state index is -3.14. The van der Waals surface area contributed by atoms with Crippen molar-refractivity contribution >= 4 is 17.8 Å². The number of ketones is 1. The molecule has 2 unspecified atom stereocenters. The van der Waals surface area contributed by atoms with E-state index in [-0.39, 0.29) is 30.9 Å². The Labute approximate surface area is 332 Å². The first-order valence-corrected chi connectivity index (χ1v) is 20.2. The largest absolute Gasteiger partial charge is 0.455 e. The van der Waals surface area contributed by atoms with Gasteiger partial charge in [0, 0.05) is 50.6 Å². The van der Waals surface area contributed by atoms with E-state index in [1.165, 1.54) is 14.0 Å². The number of esters is 1. The second-order valence-electron chi connectivity index (χ2n) is 17.1. The molecule has 0 aliphatic carbocycles. The lowest BCUT2D eigenvalue weighted by Crippen LogP contribution is -2.64. The first-order chi connectivity index (χ1) is 26.2. The van der Waals surface area contributed by atoms with E-state index in [0.717, 1.165) is 25.3 Å². The Hall–Kier alpha value is -2.79. The molecule has 3 saturated heterocycles. The molecule has 1 amide bonds. The van der Waals surface area contributed by atoms with Crippen molar-refractivity contribution in [2.45, 2.75) is 160 Å². The maximum absolute atomic E-state index is 16.9. The molecule has 0 spiro atoms. The molecule has 4 heterocycles. The highest BCUT2D eigenvalue weighted by molar-refractivity contribution is 6.07. The minimum absolute atomic E-state index is 0.154. The van der Waals surface area contributed by atoms with Crippen LogP contribution in [-0.2, 0) is 39.7 Å². The monoisotopic (exact) mass is 794 g/mol. The normalized spacial score (nSPS) is 40.3. The standard InChI is InChI=1S/C41H68FN5O9/c1-13-30-41(9)33(47(38(51)56-41)46(14-2)21-15-16-28-17-19-44-20-18-28)26(5)31(43)24(3)23-39(7,52-12)35(27(6)34(49)40(8,42)37(50)54-30)55-36-32(48)29(45(10)11)22-25(4)53-36/h17-20,24-27,29-33,35-36,48H,13-16,21-23,43H2,1-12H3/t24-,25-,26+,27+,29+,30-,31?,32-,33-,35-,36+,39+,40?,41-/m1/s1. The smallest absolute Gasteiger partial charge is 0.425 e. The summed E-state index contributed by atoms with van der Waals surface area (Å²) in [6.07, 6.45) is 0.285. The number of aliphatic hydroxyl groups excluding tert-OH is 1. The number of methoxy groups -OCH3 is 1. The van der Waals surface area contributed by atoms with Crippen molar-refractivity contribution in [2.75, 3.05) is 34.3 Å². The number of aryl methyl sites for hydroxylation is 1. The predicted octanol–water partition coefficient (Wildman–Crippen LogP) is 4.31. The van der Waals surface area contributed by atoms with Crippen LogP contribution in [0.1, 0.15) is 93.6 Å². The van der Waals surface area contributed by atoms with Gasteiger partial charge in [0.2, 0.25) is 0 Å². The Morgan fingerprint density at radius 2 is 1.73 bits per heavy atom. The van der Waals surface area contributed by atoms with Crippen molar-refractivity contribution in [2.24, 2.45) is 23.5 Å². The molecule has 3 fully saturated rings. The van der Waals surface area contributed by atoms with Gasteiger partial charge in [0.15, 0.2) is 17.7 Å². The number of rotatable bonds is 11. The van der Waals surface area contributed by atoms with E-state index >= 15 is 4.39 Å². The summed E-state index contributed by atoms with van der Waals surface area (Å²) in [5, 5.41) is 15.0. The van der Waals surface area contributed by atoms with Crippen LogP contribution in [0.4, 0.5) is 9.18 Å². The molecule has 56 heavy (non-hydrogen) atoms. The summed E-state index contributed by atoms with van der Waals surface area (Å²) in [5.41, 5.74) is 2.40. The first-order valence-electron chi connectivity index (χ1n) is 20.2. The number of ether oxygens (including phenoxy) is 5. The Kier molecular flexibility index (Phi) is 15.1. The molecule has 1 aromatic heterocycles. The number of nitrogens with zero attached hydrogens (tertiary/aromatic N) is 4. The molecule has 15 heteroatoms. The summed E-state index contributed by atoms with van der Waals surface area (Å²) in [6.45, 7) is 16.3. The minimum Gasteiger partial charge on any atom is -0.455 e. The van der Waals surface area contributed by atoms with Gasteiger partial charge in [0.1, 0.15) is 12.2 Å². The summed E-state index contributed by atoms with van der Waals surface area (Å²) in [5.74, 6) is -4.58. The summed E-state index contributed by atoms with van der Waals surface area (Å²) in [4.78, 5) is 48.4. The second kappa shape index (κ2) is 18.4. The van der Waals surface area contributed by atoms with Gasteiger partial charge in [-0.25, -0.2) is 24.0 Å². The van der Waals surface area contributed by atoms with Crippen molar-refractivity contribution in [1.82, 2.24) is 19.9 Å². The van der Waals surface area contributed by atoms with Crippen molar-refractivity contribution in [3.8, 4) is 0 Å². The lowest BCUT2D eigenvalue weighted by molar-refractivity contribution is -0.296. The third kappa shape index (κ3) is 9.24. The van der Waals surface area contributed by atoms with Crippen molar-refractivity contribution in [1.29, 1.82) is 0 Å². The van der Waals surface area contributed by atoms with Crippen LogP contribution in [0.25, 0.3) is 0 Å². The molecule has 3 N–H and O–H groups in total. The lowest BCUT2D eigenvalue weighted by atomic mass is 9.72. The molecule has 0 bridgehead atoms. The Balaban J connectivity index is 1.79. The maximum Gasteiger partial charge on any atom is 0.425 e. The van der Waals surface area contributed by atoms with Crippen LogP contribution in [-0.4, -0.2) is 143 Å². The van der Waals surface area contributed by atoms with Crippen LogP contribution in [0.15, 0.2) is 24.5 Å². The molecular formula is C41H68FN5O9. The zero-order chi connectivity index (χ0) is 41.9. The third-order valence-electron chi connectivity index (χ3n) is 12.7. The van der Waals surface area contributed by atoms with Gasteiger partial charge >= 0.3 is 12.1 Å². The summed E-state index contributed by atoms with van der Waals surface area (Å²) in [7, 11) is 5.17. The van der Waals surface area contributed by atoms with Gasteiger partial charge in [0.05, 0.1) is 23.9 Å². The van der Waals surface area contributed by atoms with Gasteiger partial charge in [0.25, 0.3) is 5.67 Å². The highest BCUT2D eigenvalue weighted by Crippen LogP contribution is 2.44. The van der Waals surface area contributed by atoms with E-state index in [2.05, 4.69) is 4.98 Å². The zero-order valence-electron chi connectivity index (χ0n) is 35.6. The molecule has 14 atom stereocenters. The van der Waals surface area contributed by atoms with Crippen molar-refractivity contribution in [3.63, 3.8) is 0 Å². The fraction of sp³-hybridized carbons (Fsp3) is 0.805. The second-order valence-corrected chi connectivity index (χ2v) is 17.1. The van der Waals surface area contributed by atoms with Crippen LogP contribution < -0.4 is 5.73 Å². The Morgan fingerprint density at radius 1 is 1.09 bits per heavy atom. The van der Waals surface area contributed by atoms with E-state index in [1.54, 1.807) is 38.2 Å². The first kappa shape index (κ1) is 45.9. The number of amides is 1. The molecule has 0 radical (unpaired) electrons. The number of carbonyl (C=O) groups is 3. The molecule has 14 nitrogen and oxygen atoms in total.